The van der Waals surface area contributed by atoms with Gasteiger partial charge in [0, 0.05) is 28.2 Å². The lowest BCUT2D eigenvalue weighted by Crippen LogP contribution is -2.36. The van der Waals surface area contributed by atoms with Crippen molar-refractivity contribution in [2.45, 2.75) is 61.6 Å². The van der Waals surface area contributed by atoms with Crippen molar-refractivity contribution in [1.82, 2.24) is 9.55 Å². The summed E-state index contributed by atoms with van der Waals surface area (Å²) in [6.45, 7) is 2.49. The van der Waals surface area contributed by atoms with Crippen LogP contribution in [0, 0.1) is 0 Å². The van der Waals surface area contributed by atoms with Crippen molar-refractivity contribution in [3.05, 3.63) is 80.5 Å². The van der Waals surface area contributed by atoms with Crippen LogP contribution in [0.5, 0.6) is 11.6 Å². The first kappa shape index (κ1) is 23.5. The van der Waals surface area contributed by atoms with Gasteiger partial charge < -0.3 is 9.84 Å². The van der Waals surface area contributed by atoms with Crippen molar-refractivity contribution in [1.29, 1.82) is 0 Å². The van der Waals surface area contributed by atoms with E-state index in [4.69, 9.17) is 9.73 Å². The number of aliphatic imine (C=N–C) groups is 1. The number of rotatable bonds is 5. The summed E-state index contributed by atoms with van der Waals surface area (Å²) in [6, 6.07) is 15.5. The Morgan fingerprint density at radius 2 is 1.83 bits per heavy atom. The lowest BCUT2D eigenvalue weighted by molar-refractivity contribution is 0.298. The van der Waals surface area contributed by atoms with Crippen molar-refractivity contribution in [2.75, 3.05) is 6.61 Å². The lowest BCUT2D eigenvalue weighted by Gasteiger charge is -2.25. The third-order valence-corrected chi connectivity index (χ3v) is 7.99. The van der Waals surface area contributed by atoms with E-state index in [9.17, 15) is 14.7 Å². The molecular formula is C27H29N3O4S. The molecule has 5 rings (SSSR count). The Labute approximate surface area is 207 Å². The number of fused-ring (bicyclic) bond motifs is 1. The molecule has 1 atom stereocenters. The molecule has 8 heteroatoms. The summed E-state index contributed by atoms with van der Waals surface area (Å²) in [5.41, 5.74) is 1.09. The summed E-state index contributed by atoms with van der Waals surface area (Å²) in [7, 11) is 0. The normalized spacial score (nSPS) is 18.4. The van der Waals surface area contributed by atoms with Gasteiger partial charge in [0.15, 0.2) is 0 Å². The van der Waals surface area contributed by atoms with Crippen LogP contribution >= 0.6 is 11.8 Å². The number of hydrogen-bond donors (Lipinski definition) is 2. The molecule has 1 aliphatic heterocycles. The lowest BCUT2D eigenvalue weighted by atomic mass is 9.95. The van der Waals surface area contributed by atoms with E-state index in [-0.39, 0.29) is 22.7 Å². The average molecular weight is 492 g/mol. The molecule has 1 saturated carbocycles. The fraction of sp³-hybridized carbons (Fsp3) is 0.370. The number of nitrogens with one attached hydrogen (secondary N) is 1. The van der Waals surface area contributed by atoms with Crippen LogP contribution in [0.3, 0.4) is 0 Å². The van der Waals surface area contributed by atoms with E-state index < -0.39 is 11.2 Å². The molecular weight excluding hydrogens is 462 g/mol. The number of para-hydroxylation sites is 2. The Morgan fingerprint density at radius 3 is 2.63 bits per heavy atom. The summed E-state index contributed by atoms with van der Waals surface area (Å²) in [5, 5.41) is 11.2. The van der Waals surface area contributed by atoms with Crippen LogP contribution in [-0.2, 0) is 0 Å². The Hall–Kier alpha value is -3.26. The summed E-state index contributed by atoms with van der Waals surface area (Å²) in [4.78, 5) is 34.1. The second-order valence-corrected chi connectivity index (χ2v) is 10.2. The Morgan fingerprint density at radius 1 is 1.09 bits per heavy atom. The van der Waals surface area contributed by atoms with E-state index in [2.05, 4.69) is 4.98 Å². The summed E-state index contributed by atoms with van der Waals surface area (Å²) < 4.78 is 7.27. The molecule has 0 bridgehead atoms. The predicted molar refractivity (Wildman–Crippen MR) is 139 cm³/mol. The van der Waals surface area contributed by atoms with E-state index in [1.165, 1.54) is 4.57 Å². The zero-order chi connectivity index (χ0) is 24.4. The smallest absolute Gasteiger partial charge is 0.331 e. The topological polar surface area (TPSA) is 96.7 Å². The maximum absolute atomic E-state index is 13.1. The molecule has 0 unspecified atom stereocenters. The van der Waals surface area contributed by atoms with Crippen molar-refractivity contribution in [3.8, 4) is 11.6 Å². The Kier molecular flexibility index (Phi) is 6.81. The monoisotopic (exact) mass is 491 g/mol. The van der Waals surface area contributed by atoms with Crippen molar-refractivity contribution in [3.63, 3.8) is 0 Å². The number of ether oxygens (including phenoxy) is 1. The molecule has 0 amide bonds. The van der Waals surface area contributed by atoms with Gasteiger partial charge in [0.1, 0.15) is 11.3 Å². The van der Waals surface area contributed by atoms with Gasteiger partial charge in [-0.15, -0.1) is 11.8 Å². The standard InChI is InChI=1S/C27H29N3O4S/c1-2-34-21-14-8-6-12-18(21)23-16-20(28-19-13-7-9-15-22(19)35-23)24-25(31)29-27(33)30(26(24)32)17-10-4-3-5-11-17/h6-9,12-15,17,23,32H,2-5,10-11,16H2,1H3,(H,29,31,33)/t23-/m0/s1. The third-order valence-electron chi connectivity index (χ3n) is 6.68. The maximum Gasteiger partial charge on any atom is 0.331 e. The summed E-state index contributed by atoms with van der Waals surface area (Å²) in [5.74, 6) is 0.502. The molecule has 2 heterocycles. The molecule has 1 aliphatic carbocycles. The van der Waals surface area contributed by atoms with Crippen LogP contribution in [0.2, 0.25) is 0 Å². The van der Waals surface area contributed by atoms with Gasteiger partial charge in [-0.1, -0.05) is 49.6 Å². The summed E-state index contributed by atoms with van der Waals surface area (Å²) >= 11 is 1.66. The molecule has 7 nitrogen and oxygen atoms in total. The second kappa shape index (κ2) is 10.2. The number of hydrogen-bond acceptors (Lipinski definition) is 6. The van der Waals surface area contributed by atoms with E-state index in [0.717, 1.165) is 54.0 Å². The highest BCUT2D eigenvalue weighted by atomic mass is 32.2. The molecule has 2 N–H and O–H groups in total. The molecule has 0 spiro atoms. The largest absolute Gasteiger partial charge is 0.494 e. The van der Waals surface area contributed by atoms with Gasteiger partial charge >= 0.3 is 5.69 Å². The van der Waals surface area contributed by atoms with Gasteiger partial charge in [-0.05, 0) is 38.0 Å². The number of aromatic hydroxyl groups is 1. The number of aromatic nitrogens is 2. The first-order chi connectivity index (χ1) is 17.1. The average Bonchev–Trinajstić information content (AvgIpc) is 3.04. The maximum atomic E-state index is 13.1. The number of H-pyrrole nitrogens is 1. The van der Waals surface area contributed by atoms with Gasteiger partial charge in [0.25, 0.3) is 5.56 Å². The highest BCUT2D eigenvalue weighted by Crippen LogP contribution is 2.48. The molecule has 0 radical (unpaired) electrons. The number of nitrogens with zero attached hydrogens (tertiary/aromatic N) is 2. The van der Waals surface area contributed by atoms with Crippen LogP contribution in [0.25, 0.3) is 0 Å². The van der Waals surface area contributed by atoms with Crippen LogP contribution < -0.4 is 16.0 Å². The molecule has 1 aromatic heterocycles. The van der Waals surface area contributed by atoms with Gasteiger partial charge in [-0.25, -0.2) is 4.79 Å². The molecule has 2 aliphatic rings. The van der Waals surface area contributed by atoms with Gasteiger partial charge in [-0.2, -0.15) is 0 Å². The fourth-order valence-corrected chi connectivity index (χ4v) is 6.31. The zero-order valence-corrected chi connectivity index (χ0v) is 20.5. The first-order valence-electron chi connectivity index (χ1n) is 12.2. The van der Waals surface area contributed by atoms with Crippen molar-refractivity contribution in [2.24, 2.45) is 4.99 Å². The Balaban J connectivity index is 1.66. The molecule has 0 saturated heterocycles. The number of benzene rings is 2. The first-order valence-corrected chi connectivity index (χ1v) is 13.1. The molecule has 2 aromatic carbocycles. The minimum absolute atomic E-state index is 0.0753. The quantitative estimate of drug-likeness (QED) is 0.491. The van der Waals surface area contributed by atoms with Crippen LogP contribution in [0.15, 0.2) is 68.0 Å². The van der Waals surface area contributed by atoms with E-state index in [1.54, 1.807) is 11.8 Å². The van der Waals surface area contributed by atoms with Crippen LogP contribution in [0.4, 0.5) is 5.69 Å². The fourth-order valence-electron chi connectivity index (χ4n) is 5.05. The van der Waals surface area contributed by atoms with E-state index in [0.29, 0.717) is 18.7 Å². The predicted octanol–water partition coefficient (Wildman–Crippen LogP) is 5.50. The van der Waals surface area contributed by atoms with Crippen molar-refractivity contribution >= 4 is 23.2 Å². The highest BCUT2D eigenvalue weighted by molar-refractivity contribution is 7.99. The SMILES string of the molecule is CCOc1ccccc1[C@@H]1CC(c2c(O)n(C3CCCCC3)c(=O)[nH]c2=O)=Nc2ccccc2S1. The van der Waals surface area contributed by atoms with Gasteiger partial charge in [0.2, 0.25) is 5.88 Å². The van der Waals surface area contributed by atoms with Crippen LogP contribution in [-0.4, -0.2) is 27.0 Å². The molecule has 1 fully saturated rings. The number of aromatic amines is 1. The van der Waals surface area contributed by atoms with Gasteiger partial charge in [-0.3, -0.25) is 19.3 Å². The van der Waals surface area contributed by atoms with Crippen LogP contribution in [0.1, 0.15) is 67.9 Å². The molecule has 35 heavy (non-hydrogen) atoms. The Bertz CT molecular complexity index is 1370. The zero-order valence-electron chi connectivity index (χ0n) is 19.7. The molecule has 182 valence electrons. The number of thioether (sulfide) groups is 1. The minimum atomic E-state index is -0.612. The minimum Gasteiger partial charge on any atom is -0.494 e. The van der Waals surface area contributed by atoms with Gasteiger partial charge in [0.05, 0.1) is 18.0 Å². The van der Waals surface area contributed by atoms with Crippen molar-refractivity contribution < 1.29 is 9.84 Å². The van der Waals surface area contributed by atoms with E-state index >= 15 is 0 Å². The molecule has 3 aromatic rings. The highest BCUT2D eigenvalue weighted by Gasteiger charge is 2.30. The second-order valence-electron chi connectivity index (χ2n) is 8.93. The van der Waals surface area contributed by atoms with E-state index in [1.807, 2.05) is 55.5 Å². The summed E-state index contributed by atoms with van der Waals surface area (Å²) in [6.07, 6.45) is 5.09. The third kappa shape index (κ3) is 4.67.